The molecule has 0 radical (unpaired) electrons. The van der Waals surface area contributed by atoms with E-state index in [1.165, 1.54) is 14.0 Å². The van der Waals surface area contributed by atoms with Gasteiger partial charge in [0.25, 0.3) is 5.88 Å². The second-order valence-electron chi connectivity index (χ2n) is 5.96. The lowest BCUT2D eigenvalue weighted by Crippen LogP contribution is -2.41. The van der Waals surface area contributed by atoms with Crippen LogP contribution in [-0.4, -0.2) is 36.4 Å². The number of esters is 1. The highest BCUT2D eigenvalue weighted by Crippen LogP contribution is 2.36. The zero-order valence-corrected chi connectivity index (χ0v) is 13.2. The van der Waals surface area contributed by atoms with Gasteiger partial charge in [-0.3, -0.25) is 4.79 Å². The molecule has 21 heavy (non-hydrogen) atoms. The second-order valence-corrected chi connectivity index (χ2v) is 5.96. The quantitative estimate of drug-likeness (QED) is 0.618. The monoisotopic (exact) mass is 293 g/mol. The van der Waals surface area contributed by atoms with Gasteiger partial charge in [-0.05, 0) is 33.8 Å². The molecule has 0 spiro atoms. The van der Waals surface area contributed by atoms with Crippen LogP contribution >= 0.6 is 0 Å². The first kappa shape index (κ1) is 15.8. The molecule has 6 nitrogen and oxygen atoms in total. The molecule has 0 bridgehead atoms. The van der Waals surface area contributed by atoms with Crippen molar-refractivity contribution in [1.82, 2.24) is 4.98 Å². The largest absolute Gasteiger partial charge is 0.496 e. The summed E-state index contributed by atoms with van der Waals surface area (Å²) in [5.74, 6) is 0.0341. The summed E-state index contributed by atoms with van der Waals surface area (Å²) in [4.78, 5) is 15.1. The predicted molar refractivity (Wildman–Crippen MR) is 77.8 cm³/mol. The summed E-state index contributed by atoms with van der Waals surface area (Å²) < 4.78 is 22.1. The molecule has 1 aromatic heterocycles. The number of carbonyl (C=O) groups is 1. The number of carbonyl (C=O) groups excluding carboxylic acids is 1. The Kier molecular flexibility index (Phi) is 3.99. The average molecular weight is 293 g/mol. The number of ether oxygens (including phenoxy) is 2. The normalized spacial score (nSPS) is 19.4. The van der Waals surface area contributed by atoms with Crippen LogP contribution in [0.5, 0.6) is 11.6 Å². The van der Waals surface area contributed by atoms with Gasteiger partial charge in [-0.15, -0.1) is 0 Å². The van der Waals surface area contributed by atoms with E-state index in [2.05, 4.69) is 4.98 Å². The molecule has 2 heterocycles. The first-order valence-corrected chi connectivity index (χ1v) is 6.74. The van der Waals surface area contributed by atoms with Crippen molar-refractivity contribution in [1.29, 1.82) is 0 Å². The Labute approximate surface area is 124 Å². The molecular formula is C14H20BNO5. The molecule has 2 rings (SSSR count). The average Bonchev–Trinajstić information content (AvgIpc) is 2.58. The lowest BCUT2D eigenvalue weighted by atomic mass is 9.80. The third-order valence-electron chi connectivity index (χ3n) is 3.83. The second kappa shape index (κ2) is 5.31. The number of hydrogen-bond donors (Lipinski definition) is 0. The molecule has 0 saturated carbocycles. The van der Waals surface area contributed by atoms with Gasteiger partial charge >= 0.3 is 13.1 Å². The van der Waals surface area contributed by atoms with Crippen molar-refractivity contribution >= 4 is 18.6 Å². The highest BCUT2D eigenvalue weighted by atomic mass is 16.7. The van der Waals surface area contributed by atoms with Crippen molar-refractivity contribution in [3.8, 4) is 11.6 Å². The maximum atomic E-state index is 11.0. The molecule has 1 aliphatic rings. The molecule has 0 aliphatic carbocycles. The molecule has 1 fully saturated rings. The van der Waals surface area contributed by atoms with Gasteiger partial charge in [0.1, 0.15) is 0 Å². The van der Waals surface area contributed by atoms with E-state index in [1.54, 1.807) is 12.3 Å². The van der Waals surface area contributed by atoms with Gasteiger partial charge in [0.2, 0.25) is 0 Å². The third kappa shape index (κ3) is 3.03. The fraction of sp³-hybridized carbons (Fsp3) is 0.571. The molecule has 1 aliphatic heterocycles. The molecule has 1 saturated heterocycles. The van der Waals surface area contributed by atoms with Crippen molar-refractivity contribution in [3.63, 3.8) is 0 Å². The zero-order valence-electron chi connectivity index (χ0n) is 13.2. The Morgan fingerprint density at radius 1 is 1.24 bits per heavy atom. The summed E-state index contributed by atoms with van der Waals surface area (Å²) in [6.07, 6.45) is 1.56. The summed E-state index contributed by atoms with van der Waals surface area (Å²) in [5.41, 5.74) is -0.153. The van der Waals surface area contributed by atoms with Crippen LogP contribution < -0.4 is 14.9 Å². The fourth-order valence-corrected chi connectivity index (χ4v) is 1.91. The topological polar surface area (TPSA) is 66.9 Å². The standard InChI is InChI=1S/C14H20BNO5/c1-9(17)19-12-11(18-6)7-10(8-16-12)15-20-13(2,3)14(4,5)21-15/h7-8H,1-6H3. The van der Waals surface area contributed by atoms with Crippen LogP contribution in [0.2, 0.25) is 0 Å². The Morgan fingerprint density at radius 2 is 1.81 bits per heavy atom. The molecule has 0 N–H and O–H groups in total. The highest BCUT2D eigenvalue weighted by Gasteiger charge is 2.52. The van der Waals surface area contributed by atoms with E-state index in [4.69, 9.17) is 18.8 Å². The molecule has 0 amide bonds. The summed E-state index contributed by atoms with van der Waals surface area (Å²) >= 11 is 0. The lowest BCUT2D eigenvalue weighted by molar-refractivity contribution is -0.132. The molecule has 0 atom stereocenters. The van der Waals surface area contributed by atoms with Crippen molar-refractivity contribution < 1.29 is 23.6 Å². The van der Waals surface area contributed by atoms with Crippen molar-refractivity contribution in [3.05, 3.63) is 12.3 Å². The summed E-state index contributed by atoms with van der Waals surface area (Å²) in [6, 6.07) is 1.70. The smallest absolute Gasteiger partial charge is 0.491 e. The van der Waals surface area contributed by atoms with E-state index in [0.29, 0.717) is 11.2 Å². The first-order chi connectivity index (χ1) is 9.66. The minimum absolute atomic E-state index is 0.130. The van der Waals surface area contributed by atoms with Gasteiger partial charge in [0.15, 0.2) is 5.75 Å². The minimum atomic E-state index is -0.539. The number of rotatable bonds is 3. The van der Waals surface area contributed by atoms with Gasteiger partial charge < -0.3 is 18.8 Å². The Bertz CT molecular complexity index is 542. The summed E-state index contributed by atoms with van der Waals surface area (Å²) in [6.45, 7) is 9.22. The summed E-state index contributed by atoms with van der Waals surface area (Å²) in [7, 11) is 0.945. The van der Waals surface area contributed by atoms with Crippen LogP contribution in [0.15, 0.2) is 12.3 Å². The number of aromatic nitrogens is 1. The van der Waals surface area contributed by atoms with Gasteiger partial charge in [-0.2, -0.15) is 0 Å². The lowest BCUT2D eigenvalue weighted by Gasteiger charge is -2.32. The number of hydrogen-bond acceptors (Lipinski definition) is 6. The van der Waals surface area contributed by atoms with Gasteiger partial charge in [-0.25, -0.2) is 4.98 Å². The highest BCUT2D eigenvalue weighted by molar-refractivity contribution is 6.62. The molecule has 0 unspecified atom stereocenters. The molecule has 7 heteroatoms. The van der Waals surface area contributed by atoms with Crippen molar-refractivity contribution in [2.45, 2.75) is 45.8 Å². The molecule has 0 aromatic carbocycles. The Hall–Kier alpha value is -1.60. The van der Waals surface area contributed by atoms with Gasteiger partial charge in [-0.1, -0.05) is 0 Å². The molecule has 1 aromatic rings. The van der Waals surface area contributed by atoms with E-state index in [9.17, 15) is 4.79 Å². The van der Waals surface area contributed by atoms with E-state index >= 15 is 0 Å². The van der Waals surface area contributed by atoms with Crippen molar-refractivity contribution in [2.75, 3.05) is 7.11 Å². The van der Waals surface area contributed by atoms with Gasteiger partial charge in [0, 0.05) is 18.6 Å². The van der Waals surface area contributed by atoms with Crippen LogP contribution in [0.3, 0.4) is 0 Å². The predicted octanol–water partition coefficient (Wildman–Crippen LogP) is 1.31. The SMILES string of the molecule is COc1cc(B2OC(C)(C)C(C)(C)O2)cnc1OC(C)=O. The Morgan fingerprint density at radius 3 is 2.29 bits per heavy atom. The van der Waals surface area contributed by atoms with Crippen molar-refractivity contribution in [2.24, 2.45) is 0 Å². The van der Waals surface area contributed by atoms with Crippen LogP contribution in [0, 0.1) is 0 Å². The Balaban J connectivity index is 2.28. The van der Waals surface area contributed by atoms with Crippen LogP contribution in [0.1, 0.15) is 34.6 Å². The minimum Gasteiger partial charge on any atom is -0.491 e. The maximum Gasteiger partial charge on any atom is 0.496 e. The van der Waals surface area contributed by atoms with E-state index < -0.39 is 24.3 Å². The number of pyridine rings is 1. The summed E-state index contributed by atoms with van der Waals surface area (Å²) in [5, 5.41) is 0. The zero-order chi connectivity index (χ0) is 15.8. The van der Waals surface area contributed by atoms with E-state index in [1.807, 2.05) is 27.7 Å². The van der Waals surface area contributed by atoms with E-state index in [0.717, 1.165) is 0 Å². The van der Waals surface area contributed by atoms with E-state index in [-0.39, 0.29) is 5.88 Å². The maximum absolute atomic E-state index is 11.0. The fourth-order valence-electron chi connectivity index (χ4n) is 1.91. The van der Waals surface area contributed by atoms with Crippen LogP contribution in [0.4, 0.5) is 0 Å². The van der Waals surface area contributed by atoms with Crippen LogP contribution in [0.25, 0.3) is 0 Å². The third-order valence-corrected chi connectivity index (χ3v) is 3.83. The van der Waals surface area contributed by atoms with Crippen LogP contribution in [-0.2, 0) is 14.1 Å². The molecular weight excluding hydrogens is 273 g/mol. The number of nitrogens with zero attached hydrogens (tertiary/aromatic N) is 1. The number of methoxy groups -OCH3 is 1. The first-order valence-electron chi connectivity index (χ1n) is 6.74. The molecule has 114 valence electrons. The van der Waals surface area contributed by atoms with Gasteiger partial charge in [0.05, 0.1) is 18.3 Å².